The molecule has 0 saturated carbocycles. The van der Waals surface area contributed by atoms with Crippen LogP contribution < -0.4 is 0 Å². The molecule has 0 saturated heterocycles. The first-order chi connectivity index (χ1) is 8.49. The van der Waals surface area contributed by atoms with Crippen LogP contribution >= 0.6 is 38.9 Å². The van der Waals surface area contributed by atoms with E-state index in [1.54, 1.807) is 23.5 Å². The van der Waals surface area contributed by atoms with Gasteiger partial charge in [-0.2, -0.15) is 0 Å². The van der Waals surface area contributed by atoms with Gasteiger partial charge < -0.3 is 0 Å². The van der Waals surface area contributed by atoms with Crippen LogP contribution in [0.1, 0.15) is 25.7 Å². The number of thiophene rings is 1. The zero-order valence-corrected chi connectivity index (χ0v) is 13.3. The van der Waals surface area contributed by atoms with E-state index in [2.05, 4.69) is 35.8 Å². The highest BCUT2D eigenvalue weighted by Crippen LogP contribution is 2.36. The van der Waals surface area contributed by atoms with Gasteiger partial charge >= 0.3 is 0 Å². The van der Waals surface area contributed by atoms with Crippen LogP contribution in [0.25, 0.3) is 0 Å². The van der Waals surface area contributed by atoms with Crippen LogP contribution in [-0.4, -0.2) is 0 Å². The summed E-state index contributed by atoms with van der Waals surface area (Å²) in [5.41, 5.74) is 1.85. The first-order valence-electron chi connectivity index (χ1n) is 5.63. The van der Waals surface area contributed by atoms with Crippen molar-refractivity contribution in [2.45, 2.75) is 25.1 Å². The highest BCUT2D eigenvalue weighted by molar-refractivity contribution is 9.09. The van der Waals surface area contributed by atoms with E-state index in [0.29, 0.717) is 17.0 Å². The van der Waals surface area contributed by atoms with Gasteiger partial charge in [0.2, 0.25) is 0 Å². The number of alkyl halides is 1. The molecule has 0 spiro atoms. The molecule has 0 nitrogen and oxygen atoms in total. The lowest BCUT2D eigenvalue weighted by molar-refractivity contribution is 0.609. The topological polar surface area (TPSA) is 0 Å². The standard InChI is InChI=1S/C14H13BrClFS/c1-8-6-14(18-9(8)2)11(15)7-10-12(16)4-3-5-13(10)17/h3-6,11H,7H2,1-2H3. The number of rotatable bonds is 3. The summed E-state index contributed by atoms with van der Waals surface area (Å²) in [6.45, 7) is 4.18. The Balaban J connectivity index is 2.23. The van der Waals surface area contributed by atoms with Crippen molar-refractivity contribution < 1.29 is 4.39 Å². The Morgan fingerprint density at radius 3 is 2.67 bits per heavy atom. The normalized spacial score (nSPS) is 12.7. The van der Waals surface area contributed by atoms with E-state index >= 15 is 0 Å². The third-order valence-electron chi connectivity index (χ3n) is 2.94. The molecular formula is C14H13BrClFS. The van der Waals surface area contributed by atoms with Gasteiger partial charge in [-0.25, -0.2) is 4.39 Å². The van der Waals surface area contributed by atoms with Crippen LogP contribution in [-0.2, 0) is 6.42 Å². The molecular weight excluding hydrogens is 335 g/mol. The van der Waals surface area contributed by atoms with Gasteiger partial charge in [-0.3, -0.25) is 0 Å². The van der Waals surface area contributed by atoms with Crippen LogP contribution in [0.3, 0.4) is 0 Å². The molecule has 2 aromatic rings. The minimum Gasteiger partial charge on any atom is -0.207 e. The molecule has 0 aliphatic heterocycles. The van der Waals surface area contributed by atoms with Crippen molar-refractivity contribution >= 4 is 38.9 Å². The van der Waals surface area contributed by atoms with Gasteiger partial charge in [0.05, 0.1) is 4.83 Å². The van der Waals surface area contributed by atoms with Gasteiger partial charge in [0.1, 0.15) is 5.82 Å². The van der Waals surface area contributed by atoms with Gasteiger partial charge in [0, 0.05) is 20.3 Å². The second-order valence-electron chi connectivity index (χ2n) is 4.26. The summed E-state index contributed by atoms with van der Waals surface area (Å²) in [6.07, 6.45) is 0.560. The second-order valence-corrected chi connectivity index (χ2v) is 7.06. The molecule has 18 heavy (non-hydrogen) atoms. The Morgan fingerprint density at radius 2 is 2.11 bits per heavy atom. The number of halogens is 3. The van der Waals surface area contributed by atoms with Crippen LogP contribution in [0.4, 0.5) is 4.39 Å². The number of benzene rings is 1. The SMILES string of the molecule is Cc1cc(C(Br)Cc2c(F)cccc2Cl)sc1C. The molecule has 1 aromatic heterocycles. The molecule has 96 valence electrons. The van der Waals surface area contributed by atoms with Crippen molar-refractivity contribution in [1.82, 2.24) is 0 Å². The summed E-state index contributed by atoms with van der Waals surface area (Å²) in [7, 11) is 0. The highest BCUT2D eigenvalue weighted by Gasteiger charge is 2.16. The quantitative estimate of drug-likeness (QED) is 0.612. The predicted molar refractivity (Wildman–Crippen MR) is 80.6 cm³/mol. The van der Waals surface area contributed by atoms with Crippen molar-refractivity contribution in [1.29, 1.82) is 0 Å². The fraction of sp³-hybridized carbons (Fsp3) is 0.286. The summed E-state index contributed by atoms with van der Waals surface area (Å²) in [5, 5.41) is 0.490. The van der Waals surface area contributed by atoms with Crippen LogP contribution in [0.2, 0.25) is 5.02 Å². The van der Waals surface area contributed by atoms with Crippen LogP contribution in [0.5, 0.6) is 0 Å². The fourth-order valence-electron chi connectivity index (χ4n) is 1.76. The van der Waals surface area contributed by atoms with Crippen LogP contribution in [0, 0.1) is 19.7 Å². The minimum atomic E-state index is -0.239. The van der Waals surface area contributed by atoms with E-state index < -0.39 is 0 Å². The van der Waals surface area contributed by atoms with Crippen molar-refractivity contribution in [2.75, 3.05) is 0 Å². The van der Waals surface area contributed by atoms with Gasteiger partial charge in [0.25, 0.3) is 0 Å². The maximum absolute atomic E-state index is 13.7. The second kappa shape index (κ2) is 5.72. The molecule has 0 aliphatic rings. The summed E-state index contributed by atoms with van der Waals surface area (Å²) in [6, 6.07) is 6.95. The monoisotopic (exact) mass is 346 g/mol. The van der Waals surface area contributed by atoms with Gasteiger partial charge in [-0.1, -0.05) is 33.6 Å². The lowest BCUT2D eigenvalue weighted by Crippen LogP contribution is -1.97. The third-order valence-corrected chi connectivity index (χ3v) is 5.68. The average molecular weight is 348 g/mol. The van der Waals surface area contributed by atoms with Crippen molar-refractivity contribution in [3.8, 4) is 0 Å². The fourth-order valence-corrected chi connectivity index (χ4v) is 3.76. The number of hydrogen-bond donors (Lipinski definition) is 0. The lowest BCUT2D eigenvalue weighted by atomic mass is 10.1. The molecule has 1 heterocycles. The van der Waals surface area contributed by atoms with E-state index in [1.807, 2.05) is 0 Å². The molecule has 2 rings (SSSR count). The zero-order chi connectivity index (χ0) is 13.3. The maximum atomic E-state index is 13.7. The van der Waals surface area contributed by atoms with Crippen molar-refractivity contribution in [3.63, 3.8) is 0 Å². The largest absolute Gasteiger partial charge is 0.207 e. The third kappa shape index (κ3) is 2.95. The van der Waals surface area contributed by atoms with E-state index in [1.165, 1.54) is 21.4 Å². The molecule has 0 aliphatic carbocycles. The van der Waals surface area contributed by atoms with E-state index in [0.717, 1.165) is 0 Å². The van der Waals surface area contributed by atoms with Gasteiger partial charge in [0.15, 0.2) is 0 Å². The smallest absolute Gasteiger partial charge is 0.127 e. The molecule has 0 bridgehead atoms. The van der Waals surface area contributed by atoms with E-state index in [-0.39, 0.29) is 10.6 Å². The predicted octanol–water partition coefficient (Wildman–Crippen LogP) is 5.84. The van der Waals surface area contributed by atoms with Gasteiger partial charge in [-0.15, -0.1) is 11.3 Å². The summed E-state index contributed by atoms with van der Waals surface area (Å²) in [5.74, 6) is -0.239. The Bertz CT molecular complexity index is 525. The average Bonchev–Trinajstić information content (AvgIpc) is 2.64. The summed E-state index contributed by atoms with van der Waals surface area (Å²) >= 11 is 11.4. The summed E-state index contributed by atoms with van der Waals surface area (Å²) < 4.78 is 13.7. The van der Waals surface area contributed by atoms with Crippen molar-refractivity contribution in [3.05, 3.63) is 56.0 Å². The Hall–Kier alpha value is -0.380. The van der Waals surface area contributed by atoms with Crippen molar-refractivity contribution in [2.24, 2.45) is 0 Å². The van der Waals surface area contributed by atoms with E-state index in [9.17, 15) is 4.39 Å². The molecule has 1 aromatic carbocycles. The lowest BCUT2D eigenvalue weighted by Gasteiger charge is -2.10. The molecule has 0 fully saturated rings. The molecule has 0 radical (unpaired) electrons. The number of hydrogen-bond acceptors (Lipinski definition) is 1. The Morgan fingerprint density at radius 1 is 1.39 bits per heavy atom. The highest BCUT2D eigenvalue weighted by atomic mass is 79.9. The molecule has 0 amide bonds. The van der Waals surface area contributed by atoms with E-state index in [4.69, 9.17) is 11.6 Å². The molecule has 0 N–H and O–H groups in total. The first kappa shape index (κ1) is 14.0. The number of aryl methyl sites for hydroxylation is 2. The van der Waals surface area contributed by atoms with Crippen LogP contribution in [0.15, 0.2) is 24.3 Å². The maximum Gasteiger partial charge on any atom is 0.127 e. The molecule has 1 atom stereocenters. The molecule has 1 unspecified atom stereocenters. The van der Waals surface area contributed by atoms with Gasteiger partial charge in [-0.05, 0) is 44.0 Å². The minimum absolute atomic E-state index is 0.101. The summed E-state index contributed by atoms with van der Waals surface area (Å²) in [4.78, 5) is 2.61. The first-order valence-corrected chi connectivity index (χ1v) is 7.74. The Kier molecular flexibility index (Phi) is 4.46. The zero-order valence-electron chi connectivity index (χ0n) is 10.1. The Labute approximate surface area is 124 Å². The molecule has 4 heteroatoms.